The van der Waals surface area contributed by atoms with Crippen molar-refractivity contribution in [3.63, 3.8) is 0 Å². The van der Waals surface area contributed by atoms with Crippen LogP contribution in [0.1, 0.15) is 30.7 Å². The van der Waals surface area contributed by atoms with Crippen molar-refractivity contribution in [2.75, 3.05) is 6.54 Å². The molecule has 0 fully saturated rings. The van der Waals surface area contributed by atoms with Crippen LogP contribution in [0.4, 0.5) is 4.39 Å². The normalized spacial score (nSPS) is 12.6. The van der Waals surface area contributed by atoms with Crippen LogP contribution < -0.4 is 5.32 Å². The molecule has 0 spiro atoms. The first-order chi connectivity index (χ1) is 9.20. The van der Waals surface area contributed by atoms with Gasteiger partial charge in [0.05, 0.1) is 12.3 Å². The molecule has 0 aliphatic carbocycles. The molecule has 0 aliphatic rings. The summed E-state index contributed by atoms with van der Waals surface area (Å²) in [4.78, 5) is 0. The van der Waals surface area contributed by atoms with Gasteiger partial charge in [-0.25, -0.2) is 4.39 Å². The summed E-state index contributed by atoms with van der Waals surface area (Å²) in [6, 6.07) is 8.94. The fourth-order valence-electron chi connectivity index (χ4n) is 1.99. The fraction of sp³-hybridized carbons (Fsp3) is 0.333. The van der Waals surface area contributed by atoms with Gasteiger partial charge in [-0.15, -0.1) is 0 Å². The molecule has 1 aromatic carbocycles. The maximum absolute atomic E-state index is 13.9. The largest absolute Gasteiger partial charge is 0.468 e. The van der Waals surface area contributed by atoms with Gasteiger partial charge in [0.15, 0.2) is 0 Å². The van der Waals surface area contributed by atoms with E-state index in [4.69, 9.17) is 4.42 Å². The first kappa shape index (κ1) is 14.3. The van der Waals surface area contributed by atoms with Crippen LogP contribution in [0, 0.1) is 5.82 Å². The van der Waals surface area contributed by atoms with Gasteiger partial charge in [0, 0.05) is 4.47 Å². The first-order valence-electron chi connectivity index (χ1n) is 6.41. The number of halogens is 2. The molecule has 1 atom stereocenters. The lowest BCUT2D eigenvalue weighted by Gasteiger charge is -2.16. The molecule has 0 saturated carbocycles. The summed E-state index contributed by atoms with van der Waals surface area (Å²) >= 11 is 3.27. The third-order valence-electron chi connectivity index (χ3n) is 2.97. The molecule has 1 unspecified atom stereocenters. The Morgan fingerprint density at radius 2 is 2.21 bits per heavy atom. The molecule has 19 heavy (non-hydrogen) atoms. The zero-order valence-electron chi connectivity index (χ0n) is 10.8. The molecular weight excluding hydrogens is 309 g/mol. The second-order valence-electron chi connectivity index (χ2n) is 4.46. The van der Waals surface area contributed by atoms with Crippen LogP contribution in [0.3, 0.4) is 0 Å². The van der Waals surface area contributed by atoms with Crippen LogP contribution in [0.25, 0.3) is 0 Å². The van der Waals surface area contributed by atoms with Gasteiger partial charge in [-0.2, -0.15) is 0 Å². The van der Waals surface area contributed by atoms with Crippen molar-refractivity contribution in [2.45, 2.75) is 25.8 Å². The molecule has 4 heteroatoms. The topological polar surface area (TPSA) is 25.2 Å². The monoisotopic (exact) mass is 325 g/mol. The second kappa shape index (κ2) is 6.87. The van der Waals surface area contributed by atoms with E-state index in [1.54, 1.807) is 6.26 Å². The summed E-state index contributed by atoms with van der Waals surface area (Å²) in [7, 11) is 0. The zero-order valence-corrected chi connectivity index (χ0v) is 12.4. The minimum absolute atomic E-state index is 0.00521. The van der Waals surface area contributed by atoms with Gasteiger partial charge in [-0.1, -0.05) is 28.9 Å². The highest BCUT2D eigenvalue weighted by Crippen LogP contribution is 2.22. The summed E-state index contributed by atoms with van der Waals surface area (Å²) < 4.78 is 20.1. The summed E-state index contributed by atoms with van der Waals surface area (Å²) in [6.45, 7) is 2.98. The van der Waals surface area contributed by atoms with E-state index in [1.807, 2.05) is 24.3 Å². The standard InChI is InChI=1S/C15H17BrFNO/c1-2-7-18-14(15-4-3-8-19-15)9-11-5-6-12(16)10-13(11)17/h3-6,8,10,14,18H,2,7,9H2,1H3. The average Bonchev–Trinajstić information content (AvgIpc) is 2.90. The van der Waals surface area contributed by atoms with Crippen molar-refractivity contribution in [3.05, 3.63) is 58.2 Å². The smallest absolute Gasteiger partial charge is 0.127 e. The number of hydrogen-bond acceptors (Lipinski definition) is 2. The van der Waals surface area contributed by atoms with Crippen molar-refractivity contribution in [3.8, 4) is 0 Å². The van der Waals surface area contributed by atoms with Gasteiger partial charge >= 0.3 is 0 Å². The van der Waals surface area contributed by atoms with E-state index in [9.17, 15) is 4.39 Å². The predicted octanol–water partition coefficient (Wildman–Crippen LogP) is 4.46. The highest BCUT2D eigenvalue weighted by atomic mass is 79.9. The van der Waals surface area contributed by atoms with E-state index >= 15 is 0 Å². The second-order valence-corrected chi connectivity index (χ2v) is 5.38. The average molecular weight is 326 g/mol. The summed E-state index contributed by atoms with van der Waals surface area (Å²) in [5.41, 5.74) is 0.688. The Bertz CT molecular complexity index is 513. The maximum atomic E-state index is 13.9. The van der Waals surface area contributed by atoms with Gasteiger partial charge in [-0.05, 0) is 49.2 Å². The summed E-state index contributed by atoms with van der Waals surface area (Å²) in [6.07, 6.45) is 3.25. The number of furan rings is 1. The minimum atomic E-state index is -0.191. The Balaban J connectivity index is 2.15. The Labute approximate surface area is 121 Å². The van der Waals surface area contributed by atoms with Crippen LogP contribution in [0.15, 0.2) is 45.5 Å². The van der Waals surface area contributed by atoms with Gasteiger partial charge in [0.2, 0.25) is 0 Å². The molecule has 1 heterocycles. The molecule has 0 radical (unpaired) electrons. The molecular formula is C15H17BrFNO. The van der Waals surface area contributed by atoms with Gasteiger partial charge in [-0.3, -0.25) is 0 Å². The number of hydrogen-bond donors (Lipinski definition) is 1. The SMILES string of the molecule is CCCNC(Cc1ccc(Br)cc1F)c1ccco1. The molecule has 0 saturated heterocycles. The van der Waals surface area contributed by atoms with Crippen LogP contribution >= 0.6 is 15.9 Å². The lowest BCUT2D eigenvalue weighted by atomic mass is 10.0. The van der Waals surface area contributed by atoms with Crippen molar-refractivity contribution in [1.29, 1.82) is 0 Å². The Kier molecular flexibility index (Phi) is 5.16. The number of benzene rings is 1. The van der Waals surface area contributed by atoms with E-state index in [0.717, 1.165) is 23.2 Å². The molecule has 0 amide bonds. The summed E-state index contributed by atoms with van der Waals surface area (Å²) in [5.74, 6) is 0.653. The van der Waals surface area contributed by atoms with Crippen molar-refractivity contribution in [2.24, 2.45) is 0 Å². The Morgan fingerprint density at radius 3 is 2.84 bits per heavy atom. The van der Waals surface area contributed by atoms with Crippen molar-refractivity contribution in [1.82, 2.24) is 5.32 Å². The minimum Gasteiger partial charge on any atom is -0.468 e. The molecule has 102 valence electrons. The predicted molar refractivity (Wildman–Crippen MR) is 77.5 cm³/mol. The van der Waals surface area contributed by atoms with Gasteiger partial charge < -0.3 is 9.73 Å². The van der Waals surface area contributed by atoms with Crippen LogP contribution in [0.5, 0.6) is 0 Å². The third-order valence-corrected chi connectivity index (χ3v) is 3.46. The number of rotatable bonds is 6. The van der Waals surface area contributed by atoms with E-state index < -0.39 is 0 Å². The lowest BCUT2D eigenvalue weighted by Crippen LogP contribution is -2.24. The van der Waals surface area contributed by atoms with E-state index in [1.165, 1.54) is 6.07 Å². The summed E-state index contributed by atoms with van der Waals surface area (Å²) in [5, 5.41) is 3.39. The number of nitrogens with one attached hydrogen (secondary N) is 1. The van der Waals surface area contributed by atoms with Crippen molar-refractivity contribution >= 4 is 15.9 Å². The zero-order chi connectivity index (χ0) is 13.7. The quantitative estimate of drug-likeness (QED) is 0.847. The third kappa shape index (κ3) is 3.91. The van der Waals surface area contributed by atoms with Crippen LogP contribution in [-0.2, 0) is 6.42 Å². The highest BCUT2D eigenvalue weighted by molar-refractivity contribution is 9.10. The molecule has 0 bridgehead atoms. The maximum Gasteiger partial charge on any atom is 0.127 e. The Hall–Kier alpha value is -1.13. The molecule has 2 nitrogen and oxygen atoms in total. The van der Waals surface area contributed by atoms with Crippen LogP contribution in [0.2, 0.25) is 0 Å². The molecule has 0 aliphatic heterocycles. The van der Waals surface area contributed by atoms with E-state index in [2.05, 4.69) is 28.2 Å². The van der Waals surface area contributed by atoms with Gasteiger partial charge in [0.1, 0.15) is 11.6 Å². The highest BCUT2D eigenvalue weighted by Gasteiger charge is 2.16. The first-order valence-corrected chi connectivity index (χ1v) is 7.20. The molecule has 2 aromatic rings. The lowest BCUT2D eigenvalue weighted by molar-refractivity contribution is 0.406. The molecule has 2 rings (SSSR count). The Morgan fingerprint density at radius 1 is 1.37 bits per heavy atom. The van der Waals surface area contributed by atoms with Crippen molar-refractivity contribution < 1.29 is 8.81 Å². The molecule has 1 N–H and O–H groups in total. The fourth-order valence-corrected chi connectivity index (χ4v) is 2.32. The molecule has 1 aromatic heterocycles. The van der Waals surface area contributed by atoms with E-state index in [-0.39, 0.29) is 11.9 Å². The van der Waals surface area contributed by atoms with Gasteiger partial charge in [0.25, 0.3) is 0 Å². The van der Waals surface area contributed by atoms with Crippen LogP contribution in [-0.4, -0.2) is 6.54 Å². The van der Waals surface area contributed by atoms with E-state index in [0.29, 0.717) is 12.0 Å².